The summed E-state index contributed by atoms with van der Waals surface area (Å²) in [5.74, 6) is 0.643. The van der Waals surface area contributed by atoms with Crippen LogP contribution in [0.15, 0.2) is 128 Å². The normalized spacial score (nSPS) is 19.0. The number of anilines is 1. The van der Waals surface area contributed by atoms with E-state index >= 15 is 0 Å². The van der Waals surface area contributed by atoms with Gasteiger partial charge in [-0.3, -0.25) is 9.36 Å². The van der Waals surface area contributed by atoms with Crippen molar-refractivity contribution < 1.29 is 28.5 Å². The minimum Gasteiger partial charge on any atom is -0.497 e. The molecule has 0 saturated carbocycles. The third-order valence-electron chi connectivity index (χ3n) is 10.8. The number of imidazole rings is 1. The number of aliphatic hydroxyl groups is 1. The molecule has 0 spiro atoms. The molecule has 6 aromatic rings. The van der Waals surface area contributed by atoms with Gasteiger partial charge in [-0.1, -0.05) is 112 Å². The molecule has 1 fully saturated rings. The Bertz CT molecular complexity index is 2170. The van der Waals surface area contributed by atoms with E-state index in [9.17, 15) is 9.90 Å². The van der Waals surface area contributed by atoms with Crippen molar-refractivity contribution in [2.45, 2.75) is 69.0 Å². The Morgan fingerprint density at radius 1 is 0.836 bits per heavy atom. The largest absolute Gasteiger partial charge is 0.497 e. The van der Waals surface area contributed by atoms with E-state index in [-0.39, 0.29) is 23.4 Å². The van der Waals surface area contributed by atoms with E-state index in [4.69, 9.17) is 18.6 Å². The second kappa shape index (κ2) is 15.5. The number of nitrogens with zero attached hydrogens (tertiary/aromatic N) is 4. The summed E-state index contributed by atoms with van der Waals surface area (Å²) in [6.07, 6.45) is -0.632. The highest BCUT2D eigenvalue weighted by Gasteiger charge is 2.52. The fourth-order valence-corrected chi connectivity index (χ4v) is 8.10. The summed E-state index contributed by atoms with van der Waals surface area (Å²) in [7, 11) is -0.821. The molecule has 55 heavy (non-hydrogen) atoms. The summed E-state index contributed by atoms with van der Waals surface area (Å²) in [5.41, 5.74) is 2.89. The van der Waals surface area contributed by atoms with E-state index in [0.717, 1.165) is 22.4 Å². The summed E-state index contributed by atoms with van der Waals surface area (Å²) in [6, 6.07) is 36.9. The number of fused-ring (bicyclic) bond motifs is 1. The lowest BCUT2D eigenvalue weighted by Crippen LogP contribution is -2.50. The van der Waals surface area contributed by atoms with Gasteiger partial charge in [-0.25, -0.2) is 15.0 Å². The van der Waals surface area contributed by atoms with Crippen LogP contribution in [-0.2, 0) is 19.5 Å². The van der Waals surface area contributed by atoms with Gasteiger partial charge in [0.05, 0.1) is 20.0 Å². The molecule has 1 aliphatic heterocycles. The second-order valence-electron chi connectivity index (χ2n) is 15.2. The molecular weight excluding hydrogens is 711 g/mol. The van der Waals surface area contributed by atoms with Crippen molar-refractivity contribution in [3.8, 4) is 5.75 Å². The Labute approximate surface area is 322 Å². The summed E-state index contributed by atoms with van der Waals surface area (Å²) in [5, 5.41) is 14.9. The number of aliphatic hydroxyl groups excluding tert-OH is 1. The summed E-state index contributed by atoms with van der Waals surface area (Å²) in [6.45, 7) is 10.9. The predicted octanol–water partition coefficient (Wildman–Crippen LogP) is 7.74. The number of aromatic nitrogens is 4. The van der Waals surface area contributed by atoms with Crippen LogP contribution < -0.4 is 10.1 Å². The van der Waals surface area contributed by atoms with Gasteiger partial charge in [-0.15, -0.1) is 0 Å². The zero-order valence-corrected chi connectivity index (χ0v) is 32.9. The van der Waals surface area contributed by atoms with Crippen LogP contribution in [-0.4, -0.2) is 70.9 Å². The van der Waals surface area contributed by atoms with E-state index in [0.29, 0.717) is 16.7 Å². The third-order valence-corrected chi connectivity index (χ3v) is 15.2. The smallest absolute Gasteiger partial charge is 0.256 e. The molecule has 11 nitrogen and oxygen atoms in total. The minimum absolute atomic E-state index is 0.0582. The highest BCUT2D eigenvalue weighted by molar-refractivity contribution is 6.74. The molecule has 1 unspecified atom stereocenters. The summed E-state index contributed by atoms with van der Waals surface area (Å²) in [4.78, 5) is 26.5. The predicted molar refractivity (Wildman–Crippen MR) is 213 cm³/mol. The maximum Gasteiger partial charge on any atom is 0.256 e. The van der Waals surface area contributed by atoms with Crippen molar-refractivity contribution in [2.75, 3.05) is 19.0 Å². The molecule has 7 rings (SSSR count). The maximum atomic E-state index is 13.1. The number of methoxy groups -OCH3 is 1. The lowest BCUT2D eigenvalue weighted by atomic mass is 9.80. The molecule has 3 heterocycles. The quantitative estimate of drug-likeness (QED) is 0.0951. The molecule has 0 bridgehead atoms. The molecule has 2 aromatic heterocycles. The number of benzene rings is 4. The number of nitrogens with one attached hydrogen (secondary N) is 1. The Balaban J connectivity index is 1.27. The molecular formula is C43H47N5O6Si. The van der Waals surface area contributed by atoms with Crippen molar-refractivity contribution in [1.29, 1.82) is 0 Å². The van der Waals surface area contributed by atoms with Gasteiger partial charge in [0.1, 0.15) is 36.0 Å². The van der Waals surface area contributed by atoms with E-state index < -0.39 is 38.5 Å². The van der Waals surface area contributed by atoms with Gasteiger partial charge in [-0.05, 0) is 59.1 Å². The first-order valence-corrected chi connectivity index (χ1v) is 21.3. The number of hydrogen-bond donors (Lipinski definition) is 2. The average molecular weight is 758 g/mol. The van der Waals surface area contributed by atoms with Crippen molar-refractivity contribution >= 4 is 31.2 Å². The standard InChI is InChI=1S/C43H47N5O6Si/c1-42(2,3)55(5,6)54-37-34(26-52-43(30-18-12-8-13-19-30,31-20-14-9-15-21-31)32-22-24-33(51-4)25-23-32)53-41(36(37)49)48-28-46-35-38(44-27-45-39(35)48)47-40(50)29-16-10-7-11-17-29/h7-25,27-28,34,36-37,41,49H,26H2,1-6H3,(H,44,45,47,50)/t34-,36-,37-,41?/m1/s1. The van der Waals surface area contributed by atoms with Crippen molar-refractivity contribution in [3.63, 3.8) is 0 Å². The van der Waals surface area contributed by atoms with E-state index in [1.54, 1.807) is 42.3 Å². The molecule has 1 saturated heterocycles. The average Bonchev–Trinajstić information content (AvgIpc) is 3.76. The first-order valence-electron chi connectivity index (χ1n) is 18.4. The Kier molecular flexibility index (Phi) is 10.7. The summed E-state index contributed by atoms with van der Waals surface area (Å²) < 4.78 is 28.3. The minimum atomic E-state index is -2.47. The molecule has 0 aliphatic carbocycles. The Hall–Kier alpha value is -5.24. The lowest BCUT2D eigenvalue weighted by Gasteiger charge is -2.41. The molecule has 4 atom stereocenters. The van der Waals surface area contributed by atoms with Crippen molar-refractivity contribution in [1.82, 2.24) is 19.5 Å². The zero-order chi connectivity index (χ0) is 38.8. The van der Waals surface area contributed by atoms with Crippen LogP contribution in [0.2, 0.25) is 18.1 Å². The molecule has 0 radical (unpaired) electrons. The molecule has 1 amide bonds. The number of amides is 1. The van der Waals surface area contributed by atoms with Gasteiger partial charge in [0.15, 0.2) is 31.5 Å². The van der Waals surface area contributed by atoms with E-state index in [1.165, 1.54) is 6.33 Å². The zero-order valence-electron chi connectivity index (χ0n) is 31.9. The lowest BCUT2D eigenvalue weighted by molar-refractivity contribution is -0.0930. The number of rotatable bonds is 12. The van der Waals surface area contributed by atoms with Gasteiger partial charge in [-0.2, -0.15) is 0 Å². The van der Waals surface area contributed by atoms with E-state index in [1.807, 2.05) is 66.7 Å². The molecule has 12 heteroatoms. The molecule has 284 valence electrons. The Morgan fingerprint density at radius 3 is 2.00 bits per heavy atom. The monoisotopic (exact) mass is 757 g/mol. The molecule has 1 aliphatic rings. The van der Waals surface area contributed by atoms with E-state index in [2.05, 4.69) is 78.4 Å². The van der Waals surface area contributed by atoms with Gasteiger partial charge in [0, 0.05) is 5.56 Å². The van der Waals surface area contributed by atoms with Crippen LogP contribution in [0.5, 0.6) is 5.75 Å². The summed E-state index contributed by atoms with van der Waals surface area (Å²) >= 11 is 0. The van der Waals surface area contributed by atoms with Crippen LogP contribution in [0.3, 0.4) is 0 Å². The van der Waals surface area contributed by atoms with Gasteiger partial charge < -0.3 is 29.1 Å². The highest BCUT2D eigenvalue weighted by Crippen LogP contribution is 2.45. The molecule has 2 N–H and O–H groups in total. The van der Waals surface area contributed by atoms with Crippen LogP contribution in [0, 0.1) is 0 Å². The van der Waals surface area contributed by atoms with Crippen LogP contribution in [0.4, 0.5) is 5.82 Å². The van der Waals surface area contributed by atoms with Gasteiger partial charge in [0.25, 0.3) is 5.91 Å². The van der Waals surface area contributed by atoms with Crippen molar-refractivity contribution in [2.24, 2.45) is 0 Å². The SMILES string of the molecule is COc1ccc(C(OC[C@H]2OC(n3cnc4c(NC(=O)c5ccccc5)ncnc43)[C@H](O)[C@@H]2O[Si](C)(C)C(C)(C)C)(c2ccccc2)c2ccccc2)cc1. The van der Waals surface area contributed by atoms with Crippen LogP contribution in [0.1, 0.15) is 54.0 Å². The van der Waals surface area contributed by atoms with Gasteiger partial charge >= 0.3 is 0 Å². The number of carbonyl (C=O) groups excluding carboxylic acids is 1. The molecule has 4 aromatic carbocycles. The van der Waals surface area contributed by atoms with Crippen molar-refractivity contribution in [3.05, 3.63) is 150 Å². The highest BCUT2D eigenvalue weighted by atomic mass is 28.4. The first kappa shape index (κ1) is 38.0. The fourth-order valence-electron chi connectivity index (χ4n) is 6.77. The topological polar surface area (TPSA) is 130 Å². The van der Waals surface area contributed by atoms with Crippen LogP contribution in [0.25, 0.3) is 11.2 Å². The Morgan fingerprint density at radius 2 is 1.42 bits per heavy atom. The second-order valence-corrected chi connectivity index (χ2v) is 20.0. The fraction of sp³-hybridized carbons (Fsp3) is 0.302. The van der Waals surface area contributed by atoms with Crippen LogP contribution >= 0.6 is 0 Å². The number of carbonyl (C=O) groups is 1. The third kappa shape index (κ3) is 7.43. The first-order chi connectivity index (χ1) is 26.4. The van der Waals surface area contributed by atoms with Gasteiger partial charge in [0.2, 0.25) is 0 Å². The maximum absolute atomic E-state index is 13.1. The number of hydrogen-bond acceptors (Lipinski definition) is 9. The number of ether oxygens (including phenoxy) is 3.